The minimum Gasteiger partial charge on any atom is -0.335 e. The SMILES string of the molecule is CN[C@@H](C)C(=O)C[C@H](C(=O)N1CCC[C@H]1c1ccnc(N(C)c2ccc(F)cc2)c1)C1CCCCC1. The summed E-state index contributed by atoms with van der Waals surface area (Å²) in [6, 6.07) is 10.1. The topological polar surface area (TPSA) is 65.5 Å². The third kappa shape index (κ3) is 5.94. The molecule has 36 heavy (non-hydrogen) atoms. The Kier molecular flexibility index (Phi) is 8.72. The van der Waals surface area contributed by atoms with Gasteiger partial charge in [0.2, 0.25) is 5.91 Å². The second kappa shape index (κ2) is 12.0. The van der Waals surface area contributed by atoms with Crippen LogP contribution in [0.3, 0.4) is 0 Å². The van der Waals surface area contributed by atoms with E-state index < -0.39 is 0 Å². The molecule has 0 unspecified atom stereocenters. The molecule has 1 aromatic carbocycles. The first-order chi connectivity index (χ1) is 17.4. The van der Waals surface area contributed by atoms with Gasteiger partial charge in [-0.3, -0.25) is 9.59 Å². The van der Waals surface area contributed by atoms with Crippen LogP contribution in [-0.2, 0) is 9.59 Å². The Morgan fingerprint density at radius 1 is 1.11 bits per heavy atom. The maximum atomic E-state index is 14.0. The van der Waals surface area contributed by atoms with Gasteiger partial charge in [-0.2, -0.15) is 0 Å². The minimum absolute atomic E-state index is 0.0243. The monoisotopic (exact) mass is 494 g/mol. The molecule has 2 heterocycles. The molecule has 2 aliphatic rings. The number of rotatable bonds is 9. The van der Waals surface area contributed by atoms with Gasteiger partial charge >= 0.3 is 0 Å². The number of benzene rings is 1. The Morgan fingerprint density at radius 3 is 2.53 bits per heavy atom. The van der Waals surface area contributed by atoms with Crippen LogP contribution in [0.2, 0.25) is 0 Å². The van der Waals surface area contributed by atoms with E-state index in [0.717, 1.165) is 55.6 Å². The second-order valence-corrected chi connectivity index (χ2v) is 10.4. The van der Waals surface area contributed by atoms with Crippen LogP contribution >= 0.6 is 0 Å². The molecule has 0 spiro atoms. The van der Waals surface area contributed by atoms with Crippen molar-refractivity contribution in [2.75, 3.05) is 25.5 Å². The van der Waals surface area contributed by atoms with Gasteiger partial charge in [-0.15, -0.1) is 0 Å². The molecule has 6 nitrogen and oxygen atoms in total. The number of hydrogen-bond donors (Lipinski definition) is 1. The highest BCUT2D eigenvalue weighted by Gasteiger charge is 2.39. The summed E-state index contributed by atoms with van der Waals surface area (Å²) in [5.74, 6) is 0.746. The van der Waals surface area contributed by atoms with E-state index in [1.54, 1.807) is 25.4 Å². The molecular formula is C29H39FN4O2. The zero-order chi connectivity index (χ0) is 25.7. The number of Topliss-reactive ketones (excluding diaryl/α,β-unsaturated/α-hetero) is 1. The first kappa shape index (κ1) is 26.3. The lowest BCUT2D eigenvalue weighted by molar-refractivity contribution is -0.141. The van der Waals surface area contributed by atoms with Crippen molar-refractivity contribution in [1.29, 1.82) is 0 Å². The summed E-state index contributed by atoms with van der Waals surface area (Å²) in [4.78, 5) is 35.4. The fourth-order valence-electron chi connectivity index (χ4n) is 5.76. The average molecular weight is 495 g/mol. The first-order valence-corrected chi connectivity index (χ1v) is 13.3. The van der Waals surface area contributed by atoms with Gasteiger partial charge in [-0.1, -0.05) is 19.3 Å². The number of likely N-dealkylation sites (tertiary alicyclic amines) is 1. The molecule has 7 heteroatoms. The Labute approximate surface area is 214 Å². The lowest BCUT2D eigenvalue weighted by atomic mass is 9.76. The number of nitrogens with zero attached hydrogens (tertiary/aromatic N) is 3. The molecule has 1 amide bonds. The van der Waals surface area contributed by atoms with Gasteiger partial charge in [-0.25, -0.2) is 9.37 Å². The number of carbonyl (C=O) groups excluding carboxylic acids is 2. The summed E-state index contributed by atoms with van der Waals surface area (Å²) in [7, 11) is 3.70. The molecule has 2 fully saturated rings. The standard InChI is InChI=1S/C29H39FN4O2/c1-20(31-2)27(35)19-25(21-8-5-4-6-9-21)29(36)34-17-7-10-26(34)22-15-16-32-28(18-22)33(3)24-13-11-23(30)12-14-24/h11-16,18,20-21,25-26,31H,4-10,17,19H2,1-3H3/t20-,25-,26-/m0/s1. The number of aromatic nitrogens is 1. The minimum atomic E-state index is -0.274. The van der Waals surface area contributed by atoms with E-state index in [9.17, 15) is 14.0 Å². The lowest BCUT2D eigenvalue weighted by Gasteiger charge is -2.35. The van der Waals surface area contributed by atoms with Crippen LogP contribution in [0, 0.1) is 17.7 Å². The molecular weight excluding hydrogens is 455 g/mol. The summed E-state index contributed by atoms with van der Waals surface area (Å²) in [5, 5.41) is 3.04. The van der Waals surface area contributed by atoms with Crippen molar-refractivity contribution in [2.45, 2.75) is 70.4 Å². The van der Waals surface area contributed by atoms with E-state index >= 15 is 0 Å². The van der Waals surface area contributed by atoms with E-state index in [2.05, 4.69) is 10.3 Å². The molecule has 1 saturated carbocycles. The molecule has 2 aromatic rings. The van der Waals surface area contributed by atoms with Gasteiger partial charge in [0.1, 0.15) is 17.4 Å². The Bertz CT molecular complexity index is 1040. The first-order valence-electron chi connectivity index (χ1n) is 13.3. The van der Waals surface area contributed by atoms with Crippen molar-refractivity contribution >= 4 is 23.2 Å². The number of anilines is 2. The number of carbonyl (C=O) groups is 2. The van der Waals surface area contributed by atoms with Gasteiger partial charge in [0.25, 0.3) is 0 Å². The van der Waals surface area contributed by atoms with E-state index in [1.165, 1.54) is 18.6 Å². The number of likely N-dealkylation sites (N-methyl/N-ethyl adjacent to an activating group) is 1. The Morgan fingerprint density at radius 2 is 1.83 bits per heavy atom. The quantitative estimate of drug-likeness (QED) is 0.505. The molecule has 0 radical (unpaired) electrons. The van der Waals surface area contributed by atoms with Crippen molar-refractivity contribution in [1.82, 2.24) is 15.2 Å². The predicted molar refractivity (Wildman–Crippen MR) is 141 cm³/mol. The van der Waals surface area contributed by atoms with Crippen LogP contribution in [0.15, 0.2) is 42.6 Å². The second-order valence-electron chi connectivity index (χ2n) is 10.4. The van der Waals surface area contributed by atoms with Crippen molar-refractivity contribution in [2.24, 2.45) is 11.8 Å². The Balaban J connectivity index is 1.56. The van der Waals surface area contributed by atoms with E-state index in [1.807, 2.05) is 35.9 Å². The van der Waals surface area contributed by atoms with Gasteiger partial charge in [0, 0.05) is 37.8 Å². The zero-order valence-electron chi connectivity index (χ0n) is 21.8. The fraction of sp³-hybridized carbons (Fsp3) is 0.552. The van der Waals surface area contributed by atoms with Crippen molar-refractivity contribution in [3.8, 4) is 0 Å². The van der Waals surface area contributed by atoms with E-state index in [4.69, 9.17) is 0 Å². The summed E-state index contributed by atoms with van der Waals surface area (Å²) >= 11 is 0. The highest BCUT2D eigenvalue weighted by Crippen LogP contribution is 2.39. The van der Waals surface area contributed by atoms with Gasteiger partial charge < -0.3 is 15.1 Å². The summed E-state index contributed by atoms with van der Waals surface area (Å²) in [6.45, 7) is 2.59. The van der Waals surface area contributed by atoms with Crippen LogP contribution in [0.1, 0.15) is 69.9 Å². The molecule has 194 valence electrons. The maximum absolute atomic E-state index is 14.0. The van der Waals surface area contributed by atoms with Crippen molar-refractivity contribution in [3.05, 3.63) is 54.0 Å². The average Bonchev–Trinajstić information content (AvgIpc) is 3.41. The van der Waals surface area contributed by atoms with Gasteiger partial charge in [0.05, 0.1) is 12.1 Å². The van der Waals surface area contributed by atoms with Crippen LogP contribution in [0.4, 0.5) is 15.9 Å². The summed E-state index contributed by atoms with van der Waals surface area (Å²) < 4.78 is 13.4. The molecule has 1 aliphatic carbocycles. The van der Waals surface area contributed by atoms with Crippen molar-refractivity contribution < 1.29 is 14.0 Å². The Hall–Kier alpha value is -2.80. The van der Waals surface area contributed by atoms with Crippen LogP contribution in [0.5, 0.6) is 0 Å². The number of hydrogen-bond acceptors (Lipinski definition) is 5. The summed E-state index contributed by atoms with van der Waals surface area (Å²) in [6.07, 6.45) is 9.47. The van der Waals surface area contributed by atoms with Crippen LogP contribution in [-0.4, -0.2) is 48.3 Å². The molecule has 1 saturated heterocycles. The molecule has 1 aromatic heterocycles. The maximum Gasteiger partial charge on any atom is 0.226 e. The van der Waals surface area contributed by atoms with Crippen LogP contribution < -0.4 is 10.2 Å². The fourth-order valence-corrected chi connectivity index (χ4v) is 5.76. The van der Waals surface area contributed by atoms with Crippen molar-refractivity contribution in [3.63, 3.8) is 0 Å². The smallest absolute Gasteiger partial charge is 0.226 e. The number of ketones is 1. The molecule has 1 N–H and O–H groups in total. The highest BCUT2D eigenvalue weighted by molar-refractivity contribution is 5.90. The normalized spacial score (nSPS) is 20.2. The summed E-state index contributed by atoms with van der Waals surface area (Å²) in [5.41, 5.74) is 1.90. The number of halogens is 1. The highest BCUT2D eigenvalue weighted by atomic mass is 19.1. The van der Waals surface area contributed by atoms with Gasteiger partial charge in [-0.05, 0) is 87.5 Å². The lowest BCUT2D eigenvalue weighted by Crippen LogP contribution is -2.42. The number of amides is 1. The van der Waals surface area contributed by atoms with E-state index in [0.29, 0.717) is 13.0 Å². The van der Waals surface area contributed by atoms with E-state index in [-0.39, 0.29) is 41.4 Å². The molecule has 1 aliphatic heterocycles. The van der Waals surface area contributed by atoms with Gasteiger partial charge in [0.15, 0.2) is 0 Å². The predicted octanol–water partition coefficient (Wildman–Crippen LogP) is 5.42. The molecule has 0 bridgehead atoms. The number of pyridine rings is 1. The molecule has 4 rings (SSSR count). The third-order valence-corrected chi connectivity index (χ3v) is 8.12. The third-order valence-electron chi connectivity index (χ3n) is 8.12. The largest absolute Gasteiger partial charge is 0.335 e. The van der Waals surface area contributed by atoms with Crippen LogP contribution in [0.25, 0.3) is 0 Å². The molecule has 3 atom stereocenters. The zero-order valence-corrected chi connectivity index (χ0v) is 21.8. The number of nitrogens with one attached hydrogen (secondary N) is 1.